The Hall–Kier alpha value is -0.120. The first-order chi connectivity index (χ1) is 7.76. The normalized spacial score (nSPS) is 36.8. The van der Waals surface area contributed by atoms with Gasteiger partial charge in [-0.05, 0) is 44.7 Å². The Balaban J connectivity index is 1.85. The molecule has 2 saturated heterocycles. The Labute approximate surface area is 98.9 Å². The van der Waals surface area contributed by atoms with E-state index >= 15 is 0 Å². The molecule has 0 aromatic heterocycles. The molecule has 0 aromatic rings. The molecule has 1 N–H and O–H groups in total. The number of hydrogen-bond acceptors (Lipinski definition) is 3. The van der Waals surface area contributed by atoms with Gasteiger partial charge in [-0.25, -0.2) is 0 Å². The van der Waals surface area contributed by atoms with Crippen molar-refractivity contribution >= 4 is 0 Å². The second kappa shape index (κ2) is 5.48. The van der Waals surface area contributed by atoms with Gasteiger partial charge in [-0.1, -0.05) is 6.92 Å². The third-order valence-corrected chi connectivity index (χ3v) is 4.25. The van der Waals surface area contributed by atoms with E-state index < -0.39 is 0 Å². The van der Waals surface area contributed by atoms with Crippen molar-refractivity contribution in [3.63, 3.8) is 0 Å². The van der Waals surface area contributed by atoms with E-state index in [1.165, 1.54) is 19.3 Å². The van der Waals surface area contributed by atoms with E-state index in [0.717, 1.165) is 44.6 Å². The molecule has 0 bridgehead atoms. The predicted molar refractivity (Wildman–Crippen MR) is 64.6 cm³/mol. The zero-order chi connectivity index (χ0) is 11.4. The van der Waals surface area contributed by atoms with E-state index in [4.69, 9.17) is 9.47 Å². The highest BCUT2D eigenvalue weighted by molar-refractivity contribution is 4.91. The van der Waals surface area contributed by atoms with E-state index in [2.05, 4.69) is 12.2 Å². The second-order valence-electron chi connectivity index (χ2n) is 5.46. The van der Waals surface area contributed by atoms with Crippen molar-refractivity contribution < 1.29 is 9.47 Å². The molecule has 2 aliphatic rings. The average molecular weight is 227 g/mol. The van der Waals surface area contributed by atoms with Crippen molar-refractivity contribution in [1.82, 2.24) is 5.32 Å². The van der Waals surface area contributed by atoms with Crippen LogP contribution in [0.1, 0.15) is 32.6 Å². The lowest BCUT2D eigenvalue weighted by Crippen LogP contribution is -2.42. The van der Waals surface area contributed by atoms with Crippen LogP contribution in [0.25, 0.3) is 0 Å². The van der Waals surface area contributed by atoms with Crippen molar-refractivity contribution in [3.05, 3.63) is 0 Å². The van der Waals surface area contributed by atoms with Crippen molar-refractivity contribution in [2.45, 2.75) is 38.2 Å². The van der Waals surface area contributed by atoms with E-state index in [9.17, 15) is 0 Å². The maximum atomic E-state index is 5.97. The van der Waals surface area contributed by atoms with Gasteiger partial charge in [0.05, 0.1) is 12.2 Å². The van der Waals surface area contributed by atoms with E-state index in [-0.39, 0.29) is 5.60 Å². The molecule has 3 nitrogen and oxygen atoms in total. The maximum Gasteiger partial charge on any atom is 0.0939 e. The molecule has 3 atom stereocenters. The standard InChI is InChI=1S/C13H25NO2/c1-11(3-6-14-2)12-4-7-16-13(9-12)5-8-15-10-13/h11-12,14H,3-10H2,1-2H3. The molecule has 0 saturated carbocycles. The van der Waals surface area contributed by atoms with Gasteiger partial charge in [0.1, 0.15) is 0 Å². The molecule has 2 rings (SSSR count). The molecule has 0 aliphatic carbocycles. The van der Waals surface area contributed by atoms with E-state index in [1.54, 1.807) is 0 Å². The van der Waals surface area contributed by atoms with Crippen LogP contribution in [0.15, 0.2) is 0 Å². The lowest BCUT2D eigenvalue weighted by molar-refractivity contribution is -0.106. The van der Waals surface area contributed by atoms with Crippen LogP contribution in [-0.4, -0.2) is 39.0 Å². The Morgan fingerprint density at radius 1 is 1.44 bits per heavy atom. The first kappa shape index (κ1) is 12.3. The summed E-state index contributed by atoms with van der Waals surface area (Å²) >= 11 is 0. The summed E-state index contributed by atoms with van der Waals surface area (Å²) in [5.74, 6) is 1.62. The molecule has 2 fully saturated rings. The maximum absolute atomic E-state index is 5.97. The summed E-state index contributed by atoms with van der Waals surface area (Å²) < 4.78 is 11.5. The van der Waals surface area contributed by atoms with Crippen LogP contribution in [0.4, 0.5) is 0 Å². The van der Waals surface area contributed by atoms with Gasteiger partial charge >= 0.3 is 0 Å². The highest BCUT2D eigenvalue weighted by Crippen LogP contribution is 2.39. The van der Waals surface area contributed by atoms with Gasteiger partial charge in [0.25, 0.3) is 0 Å². The zero-order valence-electron chi connectivity index (χ0n) is 10.6. The molecular formula is C13H25NO2. The van der Waals surface area contributed by atoms with Crippen LogP contribution in [0.2, 0.25) is 0 Å². The summed E-state index contributed by atoms with van der Waals surface area (Å²) in [7, 11) is 2.03. The van der Waals surface area contributed by atoms with Gasteiger partial charge in [-0.3, -0.25) is 0 Å². The number of nitrogens with one attached hydrogen (secondary N) is 1. The van der Waals surface area contributed by atoms with Crippen LogP contribution in [-0.2, 0) is 9.47 Å². The van der Waals surface area contributed by atoms with Gasteiger partial charge < -0.3 is 14.8 Å². The van der Waals surface area contributed by atoms with Gasteiger partial charge in [0.15, 0.2) is 0 Å². The SMILES string of the molecule is CNCCC(C)C1CCOC2(CCOC2)C1. The van der Waals surface area contributed by atoms with Gasteiger partial charge in [-0.15, -0.1) is 0 Å². The van der Waals surface area contributed by atoms with Crippen LogP contribution < -0.4 is 5.32 Å². The Bertz CT molecular complexity index is 214. The van der Waals surface area contributed by atoms with Crippen molar-refractivity contribution in [1.29, 1.82) is 0 Å². The minimum atomic E-state index is 0.0802. The van der Waals surface area contributed by atoms with Crippen LogP contribution >= 0.6 is 0 Å². The lowest BCUT2D eigenvalue weighted by atomic mass is 9.77. The van der Waals surface area contributed by atoms with E-state index in [1.807, 2.05) is 7.05 Å². The molecule has 0 amide bonds. The first-order valence-electron chi connectivity index (χ1n) is 6.62. The van der Waals surface area contributed by atoms with Crippen molar-refractivity contribution in [2.75, 3.05) is 33.4 Å². The molecule has 0 radical (unpaired) electrons. The van der Waals surface area contributed by atoms with Crippen molar-refractivity contribution in [3.8, 4) is 0 Å². The third kappa shape index (κ3) is 2.76. The van der Waals surface area contributed by atoms with Gasteiger partial charge in [0, 0.05) is 19.6 Å². The van der Waals surface area contributed by atoms with Crippen LogP contribution in [0.3, 0.4) is 0 Å². The molecule has 94 valence electrons. The van der Waals surface area contributed by atoms with Crippen molar-refractivity contribution in [2.24, 2.45) is 11.8 Å². The van der Waals surface area contributed by atoms with Crippen LogP contribution in [0.5, 0.6) is 0 Å². The first-order valence-corrected chi connectivity index (χ1v) is 6.62. The number of hydrogen-bond donors (Lipinski definition) is 1. The summed E-state index contributed by atoms with van der Waals surface area (Å²) in [6.07, 6.45) is 4.81. The molecule has 1 spiro atoms. The Morgan fingerprint density at radius 3 is 3.00 bits per heavy atom. The fourth-order valence-corrected chi connectivity index (χ4v) is 3.02. The predicted octanol–water partition coefficient (Wildman–Crippen LogP) is 1.82. The molecule has 3 unspecified atom stereocenters. The molecule has 0 aromatic carbocycles. The summed E-state index contributed by atoms with van der Waals surface area (Å²) in [5.41, 5.74) is 0.0802. The minimum absolute atomic E-state index is 0.0802. The summed E-state index contributed by atoms with van der Waals surface area (Å²) in [6.45, 7) is 6.15. The van der Waals surface area contributed by atoms with Gasteiger partial charge in [-0.2, -0.15) is 0 Å². The quantitative estimate of drug-likeness (QED) is 0.794. The fourth-order valence-electron chi connectivity index (χ4n) is 3.02. The zero-order valence-corrected chi connectivity index (χ0v) is 10.6. The Morgan fingerprint density at radius 2 is 2.31 bits per heavy atom. The number of rotatable bonds is 4. The Kier molecular flexibility index (Phi) is 4.22. The molecule has 2 aliphatic heterocycles. The summed E-state index contributed by atoms with van der Waals surface area (Å²) in [4.78, 5) is 0. The third-order valence-electron chi connectivity index (χ3n) is 4.25. The molecule has 16 heavy (non-hydrogen) atoms. The second-order valence-corrected chi connectivity index (χ2v) is 5.46. The summed E-state index contributed by atoms with van der Waals surface area (Å²) in [5, 5.41) is 3.24. The highest BCUT2D eigenvalue weighted by Gasteiger charge is 2.41. The molecule has 2 heterocycles. The molecular weight excluding hydrogens is 202 g/mol. The topological polar surface area (TPSA) is 30.5 Å². The van der Waals surface area contributed by atoms with Gasteiger partial charge in [0.2, 0.25) is 0 Å². The minimum Gasteiger partial charge on any atom is -0.378 e. The summed E-state index contributed by atoms with van der Waals surface area (Å²) in [6, 6.07) is 0. The lowest BCUT2D eigenvalue weighted by Gasteiger charge is -2.39. The smallest absolute Gasteiger partial charge is 0.0939 e. The van der Waals surface area contributed by atoms with E-state index in [0.29, 0.717) is 0 Å². The van der Waals surface area contributed by atoms with Crippen LogP contribution in [0, 0.1) is 11.8 Å². The molecule has 3 heteroatoms. The highest BCUT2D eigenvalue weighted by atomic mass is 16.6. The fraction of sp³-hybridized carbons (Fsp3) is 1.00. The monoisotopic (exact) mass is 227 g/mol. The largest absolute Gasteiger partial charge is 0.378 e. The number of ether oxygens (including phenoxy) is 2. The average Bonchev–Trinajstić information content (AvgIpc) is 2.74.